The van der Waals surface area contributed by atoms with Gasteiger partial charge in [0, 0.05) is 35.5 Å². The second-order valence-electron chi connectivity index (χ2n) is 14.0. The summed E-state index contributed by atoms with van der Waals surface area (Å²) in [6.45, 7) is 0.607. The van der Waals surface area contributed by atoms with Crippen LogP contribution in [0.25, 0.3) is 10.8 Å². The van der Waals surface area contributed by atoms with Gasteiger partial charge in [-0.25, -0.2) is 9.98 Å². The van der Waals surface area contributed by atoms with Crippen molar-refractivity contribution in [2.45, 2.75) is 36.2 Å². The normalized spacial score (nSPS) is 18.0. The van der Waals surface area contributed by atoms with Gasteiger partial charge in [-0.05, 0) is 113 Å². The van der Waals surface area contributed by atoms with Crippen LogP contribution in [0.2, 0.25) is 0 Å². The Hall–Kier alpha value is -6.11. The van der Waals surface area contributed by atoms with Crippen LogP contribution in [0.4, 0.5) is 22.7 Å². The first kappa shape index (κ1) is 34.6. The molecule has 6 heteroatoms. The number of para-hydroxylation sites is 2. The van der Waals surface area contributed by atoms with Gasteiger partial charge in [0.15, 0.2) is 0 Å². The van der Waals surface area contributed by atoms with Crippen molar-refractivity contribution in [2.24, 2.45) is 9.98 Å². The number of hydrogen-bond acceptors (Lipinski definition) is 4. The number of fused-ring (bicyclic) bond motifs is 1. The minimum absolute atomic E-state index is 0.236. The van der Waals surface area contributed by atoms with Crippen molar-refractivity contribution in [1.82, 2.24) is 0 Å². The van der Waals surface area contributed by atoms with Crippen LogP contribution in [-0.2, 0) is 6.42 Å². The van der Waals surface area contributed by atoms with E-state index in [2.05, 4.69) is 156 Å². The van der Waals surface area contributed by atoms with Crippen molar-refractivity contribution >= 4 is 57.0 Å². The lowest BCUT2D eigenvalue weighted by atomic mass is 9.90. The quantitative estimate of drug-likeness (QED) is 0.124. The minimum Gasteiger partial charge on any atom is -0.493 e. The molecular weight excluding hydrogens is 693 g/mol. The summed E-state index contributed by atoms with van der Waals surface area (Å²) in [6.07, 6.45) is 4.75. The molecule has 0 N–H and O–H groups in total. The van der Waals surface area contributed by atoms with Gasteiger partial charge in [-0.2, -0.15) is 0 Å². The predicted molar refractivity (Wildman–Crippen MR) is 231 cm³/mol. The van der Waals surface area contributed by atoms with Gasteiger partial charge in [0.25, 0.3) is 0 Å². The van der Waals surface area contributed by atoms with Crippen LogP contribution in [0.15, 0.2) is 191 Å². The number of thioether (sulfide) groups is 1. The third-order valence-electron chi connectivity index (χ3n) is 10.6. The molecule has 2 unspecified atom stereocenters. The SMILES string of the molecule is CSc1ccc(N2C(=Nc3ccccc3)CC2c2ccc3cc(CCOc4ccc(N5C(=Nc6ccccc6)CC5c5ccccc5)cc4)ccc3c2)cc1. The molecule has 2 fully saturated rings. The fraction of sp³-hybridized carbons (Fsp3) is 0.143. The third kappa shape index (κ3) is 7.51. The maximum atomic E-state index is 6.27. The van der Waals surface area contributed by atoms with Crippen molar-refractivity contribution in [3.63, 3.8) is 0 Å². The van der Waals surface area contributed by atoms with Gasteiger partial charge in [-0.15, -0.1) is 11.8 Å². The second-order valence-corrected chi connectivity index (χ2v) is 14.9. The van der Waals surface area contributed by atoms with Gasteiger partial charge < -0.3 is 14.5 Å². The number of amidine groups is 2. The molecule has 2 atom stereocenters. The van der Waals surface area contributed by atoms with Gasteiger partial charge in [0.1, 0.15) is 17.4 Å². The summed E-state index contributed by atoms with van der Waals surface area (Å²) >= 11 is 1.76. The molecule has 55 heavy (non-hydrogen) atoms. The van der Waals surface area contributed by atoms with Gasteiger partial charge in [-0.1, -0.05) is 97.1 Å². The molecular formula is C49H42N4OS. The largest absolute Gasteiger partial charge is 0.493 e. The van der Waals surface area contributed by atoms with Gasteiger partial charge in [0.2, 0.25) is 0 Å². The zero-order chi connectivity index (χ0) is 37.0. The van der Waals surface area contributed by atoms with Crippen LogP contribution in [-0.4, -0.2) is 24.5 Å². The molecule has 2 heterocycles. The first-order valence-corrected chi connectivity index (χ1v) is 20.2. The van der Waals surface area contributed by atoms with E-state index in [-0.39, 0.29) is 12.1 Å². The average molecular weight is 735 g/mol. The molecule has 7 aromatic carbocycles. The van der Waals surface area contributed by atoms with Crippen LogP contribution in [0.5, 0.6) is 5.75 Å². The number of rotatable bonds is 11. The lowest BCUT2D eigenvalue weighted by Crippen LogP contribution is -2.46. The number of aliphatic imine (C=N–C) groups is 2. The van der Waals surface area contributed by atoms with Crippen LogP contribution >= 0.6 is 11.8 Å². The summed E-state index contributed by atoms with van der Waals surface area (Å²) in [5, 5.41) is 2.49. The summed E-state index contributed by atoms with van der Waals surface area (Å²) in [7, 11) is 0. The van der Waals surface area contributed by atoms with Gasteiger partial charge in [0.05, 0.1) is 30.1 Å². The third-order valence-corrected chi connectivity index (χ3v) is 11.3. The minimum atomic E-state index is 0.236. The lowest BCUT2D eigenvalue weighted by molar-refractivity contribution is 0.322. The zero-order valence-corrected chi connectivity index (χ0v) is 31.6. The Labute approximate surface area is 327 Å². The summed E-state index contributed by atoms with van der Waals surface area (Å²) < 4.78 is 6.27. The molecule has 0 aliphatic carbocycles. The molecule has 0 aromatic heterocycles. The van der Waals surface area contributed by atoms with Crippen LogP contribution in [0.1, 0.15) is 41.6 Å². The van der Waals surface area contributed by atoms with E-state index in [1.165, 1.54) is 38.0 Å². The second kappa shape index (κ2) is 15.7. The molecule has 0 saturated carbocycles. The van der Waals surface area contributed by atoms with Crippen molar-refractivity contribution in [3.05, 3.63) is 193 Å². The molecule has 9 rings (SSSR count). The van der Waals surface area contributed by atoms with E-state index in [9.17, 15) is 0 Å². The van der Waals surface area contributed by atoms with Crippen LogP contribution in [0.3, 0.4) is 0 Å². The average Bonchev–Trinajstić information content (AvgIpc) is 3.22. The summed E-state index contributed by atoms with van der Waals surface area (Å²) in [5.74, 6) is 3.04. The van der Waals surface area contributed by atoms with Crippen molar-refractivity contribution in [3.8, 4) is 5.75 Å². The Morgan fingerprint density at radius 1 is 0.545 bits per heavy atom. The number of nitrogens with zero attached hydrogens (tertiary/aromatic N) is 4. The highest BCUT2D eigenvalue weighted by molar-refractivity contribution is 7.98. The molecule has 2 saturated heterocycles. The molecule has 7 aromatic rings. The summed E-state index contributed by atoms with van der Waals surface area (Å²) in [4.78, 5) is 16.0. The topological polar surface area (TPSA) is 40.4 Å². The molecule has 0 bridgehead atoms. The highest BCUT2D eigenvalue weighted by Crippen LogP contribution is 2.43. The Bertz CT molecular complexity index is 2450. The molecule has 0 amide bonds. The molecule has 0 radical (unpaired) electrons. The maximum Gasteiger partial charge on any atom is 0.119 e. The van der Waals surface area contributed by atoms with E-state index >= 15 is 0 Å². The van der Waals surface area contributed by atoms with Crippen LogP contribution in [0, 0.1) is 0 Å². The van der Waals surface area contributed by atoms with Crippen molar-refractivity contribution < 1.29 is 4.74 Å². The summed E-state index contributed by atoms with van der Waals surface area (Å²) in [5.41, 5.74) is 8.12. The highest BCUT2D eigenvalue weighted by Gasteiger charge is 2.37. The standard InChI is InChI=1S/C49H42N4OS/c1-55-45-27-23-43(24-28-45)53-47(34-49(53)51-41-15-9-4-10-16-41)39-20-19-37-31-35(17-18-38(37)32-39)29-30-54-44-25-21-42(22-26-44)52-46(36-11-5-2-6-12-36)33-48(52)50-40-13-7-3-8-14-40/h2-28,31-32,46-47H,29-30,33-34H2,1H3. The van der Waals surface area contributed by atoms with Crippen molar-refractivity contribution in [1.29, 1.82) is 0 Å². The first-order chi connectivity index (χ1) is 27.2. The Morgan fingerprint density at radius 3 is 1.67 bits per heavy atom. The fourth-order valence-corrected chi connectivity index (χ4v) is 8.05. The van der Waals surface area contributed by atoms with E-state index < -0.39 is 0 Å². The number of ether oxygens (including phenoxy) is 1. The zero-order valence-electron chi connectivity index (χ0n) is 30.8. The van der Waals surface area contributed by atoms with E-state index in [1.54, 1.807) is 11.8 Å². The van der Waals surface area contributed by atoms with Gasteiger partial charge >= 0.3 is 0 Å². The molecule has 2 aliphatic heterocycles. The van der Waals surface area contributed by atoms with Gasteiger partial charge in [-0.3, -0.25) is 0 Å². The smallest absolute Gasteiger partial charge is 0.119 e. The predicted octanol–water partition coefficient (Wildman–Crippen LogP) is 12.5. The molecule has 2 aliphatic rings. The molecule has 270 valence electrons. The van der Waals surface area contributed by atoms with Crippen molar-refractivity contribution in [2.75, 3.05) is 22.7 Å². The van der Waals surface area contributed by atoms with E-state index in [0.717, 1.165) is 53.7 Å². The highest BCUT2D eigenvalue weighted by atomic mass is 32.2. The molecule has 0 spiro atoms. The summed E-state index contributed by atoms with van der Waals surface area (Å²) in [6, 6.07) is 62.6. The fourth-order valence-electron chi connectivity index (χ4n) is 7.64. The maximum absolute atomic E-state index is 6.27. The molecule has 5 nitrogen and oxygen atoms in total. The van der Waals surface area contributed by atoms with E-state index in [1.807, 2.05) is 36.4 Å². The van der Waals surface area contributed by atoms with E-state index in [4.69, 9.17) is 14.7 Å². The number of hydrogen-bond donors (Lipinski definition) is 0. The monoisotopic (exact) mass is 734 g/mol. The Morgan fingerprint density at radius 2 is 1.07 bits per heavy atom. The van der Waals surface area contributed by atoms with E-state index in [0.29, 0.717) is 6.61 Å². The van der Waals surface area contributed by atoms with Crippen LogP contribution < -0.4 is 14.5 Å². The number of benzene rings is 7. The lowest BCUT2D eigenvalue weighted by Gasteiger charge is -2.44. The Kier molecular flexibility index (Phi) is 9.89. The first-order valence-electron chi connectivity index (χ1n) is 19.0. The number of anilines is 2. The Balaban J connectivity index is 0.865.